The first-order chi connectivity index (χ1) is 9.20. The fourth-order valence-electron chi connectivity index (χ4n) is 1.86. The van der Waals surface area contributed by atoms with Gasteiger partial charge in [-0.15, -0.1) is 0 Å². The summed E-state index contributed by atoms with van der Waals surface area (Å²) in [5, 5.41) is 0. The minimum absolute atomic E-state index is 0.0204. The van der Waals surface area contributed by atoms with Crippen molar-refractivity contribution in [3.8, 4) is 11.8 Å². The Labute approximate surface area is 112 Å². The number of hydrogen-bond acceptors (Lipinski definition) is 2. The van der Waals surface area contributed by atoms with Crippen LogP contribution in [-0.2, 0) is 6.54 Å². The standard InChI is InChI=1S/C16H16N2O/c1-13-4-2-6-16(19)18(13)12-15-9-7-14(8-10-15)5-3-11-17/h2,4,6-10H,11-12,17H2,1H3. The number of aromatic nitrogens is 1. The van der Waals surface area contributed by atoms with Crippen LogP contribution in [-0.4, -0.2) is 11.1 Å². The van der Waals surface area contributed by atoms with Crippen LogP contribution in [0.15, 0.2) is 47.3 Å². The van der Waals surface area contributed by atoms with Crippen LogP contribution in [0.1, 0.15) is 16.8 Å². The summed E-state index contributed by atoms with van der Waals surface area (Å²) in [5.74, 6) is 5.79. The number of aryl methyl sites for hydroxylation is 1. The monoisotopic (exact) mass is 252 g/mol. The summed E-state index contributed by atoms with van der Waals surface area (Å²) in [5.41, 5.74) is 8.32. The van der Waals surface area contributed by atoms with Crippen LogP contribution in [0.5, 0.6) is 0 Å². The Hall–Kier alpha value is -2.31. The predicted molar refractivity (Wildman–Crippen MR) is 76.9 cm³/mol. The minimum Gasteiger partial charge on any atom is -0.320 e. The molecule has 3 heteroatoms. The zero-order valence-electron chi connectivity index (χ0n) is 10.9. The first-order valence-electron chi connectivity index (χ1n) is 6.15. The molecule has 0 atom stereocenters. The molecule has 0 aliphatic carbocycles. The van der Waals surface area contributed by atoms with Crippen LogP contribution in [0.3, 0.4) is 0 Å². The van der Waals surface area contributed by atoms with E-state index < -0.39 is 0 Å². The lowest BCUT2D eigenvalue weighted by molar-refractivity contribution is 0.730. The van der Waals surface area contributed by atoms with E-state index in [1.165, 1.54) is 0 Å². The first kappa shape index (κ1) is 13.1. The molecule has 0 unspecified atom stereocenters. The van der Waals surface area contributed by atoms with Crippen LogP contribution in [0.2, 0.25) is 0 Å². The molecule has 0 radical (unpaired) electrons. The van der Waals surface area contributed by atoms with E-state index in [2.05, 4.69) is 11.8 Å². The third-order valence-electron chi connectivity index (χ3n) is 2.90. The van der Waals surface area contributed by atoms with Gasteiger partial charge in [0.05, 0.1) is 13.1 Å². The van der Waals surface area contributed by atoms with Gasteiger partial charge in [-0.05, 0) is 30.7 Å². The average Bonchev–Trinajstić information content (AvgIpc) is 2.42. The third-order valence-corrected chi connectivity index (χ3v) is 2.90. The summed E-state index contributed by atoms with van der Waals surface area (Å²) in [4.78, 5) is 11.8. The summed E-state index contributed by atoms with van der Waals surface area (Å²) in [6, 6.07) is 13.2. The van der Waals surface area contributed by atoms with Gasteiger partial charge in [0, 0.05) is 17.3 Å². The van der Waals surface area contributed by atoms with E-state index in [4.69, 9.17) is 5.73 Å². The second-order valence-corrected chi connectivity index (χ2v) is 4.29. The average molecular weight is 252 g/mol. The molecule has 0 aliphatic rings. The highest BCUT2D eigenvalue weighted by atomic mass is 16.1. The molecule has 1 aromatic carbocycles. The molecule has 0 aliphatic heterocycles. The van der Waals surface area contributed by atoms with E-state index in [9.17, 15) is 4.79 Å². The number of nitrogens with zero attached hydrogens (tertiary/aromatic N) is 1. The Balaban J connectivity index is 2.22. The van der Waals surface area contributed by atoms with Crippen molar-refractivity contribution in [2.24, 2.45) is 5.73 Å². The normalized spacial score (nSPS) is 9.79. The maximum Gasteiger partial charge on any atom is 0.251 e. The molecule has 0 fully saturated rings. The van der Waals surface area contributed by atoms with E-state index in [1.807, 2.05) is 37.3 Å². The molecule has 3 nitrogen and oxygen atoms in total. The molecule has 96 valence electrons. The summed E-state index contributed by atoms with van der Waals surface area (Å²) < 4.78 is 1.75. The Kier molecular flexibility index (Phi) is 4.17. The van der Waals surface area contributed by atoms with Crippen molar-refractivity contribution in [3.05, 3.63) is 69.6 Å². The third kappa shape index (κ3) is 3.34. The SMILES string of the molecule is Cc1cccc(=O)n1Cc1ccc(C#CCN)cc1. The van der Waals surface area contributed by atoms with Crippen LogP contribution in [0.4, 0.5) is 0 Å². The summed E-state index contributed by atoms with van der Waals surface area (Å²) in [6.45, 7) is 2.87. The Morgan fingerprint density at radius 2 is 1.89 bits per heavy atom. The van der Waals surface area contributed by atoms with Crippen molar-refractivity contribution in [1.29, 1.82) is 0 Å². The second-order valence-electron chi connectivity index (χ2n) is 4.29. The molecule has 1 aromatic heterocycles. The Morgan fingerprint density at radius 3 is 2.53 bits per heavy atom. The van der Waals surface area contributed by atoms with Gasteiger partial charge in [0.1, 0.15) is 0 Å². The zero-order valence-corrected chi connectivity index (χ0v) is 10.9. The minimum atomic E-state index is 0.0204. The molecule has 0 spiro atoms. The molecule has 0 saturated heterocycles. The Morgan fingerprint density at radius 1 is 1.16 bits per heavy atom. The highest BCUT2D eigenvalue weighted by Crippen LogP contribution is 2.06. The largest absolute Gasteiger partial charge is 0.320 e. The van der Waals surface area contributed by atoms with Crippen molar-refractivity contribution < 1.29 is 0 Å². The van der Waals surface area contributed by atoms with E-state index in [0.717, 1.165) is 16.8 Å². The highest BCUT2D eigenvalue weighted by Gasteiger charge is 2.00. The highest BCUT2D eigenvalue weighted by molar-refractivity contribution is 5.36. The van der Waals surface area contributed by atoms with E-state index >= 15 is 0 Å². The van der Waals surface area contributed by atoms with Gasteiger partial charge < -0.3 is 10.3 Å². The maximum absolute atomic E-state index is 11.8. The van der Waals surface area contributed by atoms with Crippen LogP contribution in [0, 0.1) is 18.8 Å². The lowest BCUT2D eigenvalue weighted by Crippen LogP contribution is -2.21. The Bertz CT molecular complexity index is 672. The number of benzene rings is 1. The summed E-state index contributed by atoms with van der Waals surface area (Å²) in [7, 11) is 0. The lowest BCUT2D eigenvalue weighted by Gasteiger charge is -2.09. The quantitative estimate of drug-likeness (QED) is 0.824. The molecule has 2 aromatic rings. The van der Waals surface area contributed by atoms with Crippen LogP contribution >= 0.6 is 0 Å². The molecule has 1 heterocycles. The topological polar surface area (TPSA) is 48.0 Å². The fourth-order valence-corrected chi connectivity index (χ4v) is 1.86. The van der Waals surface area contributed by atoms with Crippen LogP contribution < -0.4 is 11.3 Å². The summed E-state index contributed by atoms with van der Waals surface area (Å²) >= 11 is 0. The zero-order chi connectivity index (χ0) is 13.7. The van der Waals surface area contributed by atoms with Gasteiger partial charge in [-0.25, -0.2) is 0 Å². The first-order valence-corrected chi connectivity index (χ1v) is 6.15. The van der Waals surface area contributed by atoms with E-state index in [0.29, 0.717) is 13.1 Å². The van der Waals surface area contributed by atoms with Gasteiger partial charge >= 0.3 is 0 Å². The van der Waals surface area contributed by atoms with Crippen molar-refractivity contribution in [1.82, 2.24) is 4.57 Å². The molecule has 2 N–H and O–H groups in total. The number of rotatable bonds is 2. The van der Waals surface area contributed by atoms with Gasteiger partial charge in [0.15, 0.2) is 0 Å². The van der Waals surface area contributed by atoms with Gasteiger partial charge in [0.25, 0.3) is 5.56 Å². The molecular formula is C16H16N2O. The van der Waals surface area contributed by atoms with Gasteiger partial charge in [-0.3, -0.25) is 4.79 Å². The smallest absolute Gasteiger partial charge is 0.251 e. The molecule has 2 rings (SSSR count). The second kappa shape index (κ2) is 6.03. The molecule has 0 bridgehead atoms. The van der Waals surface area contributed by atoms with Gasteiger partial charge in [0.2, 0.25) is 0 Å². The number of hydrogen-bond donors (Lipinski definition) is 1. The van der Waals surface area contributed by atoms with Crippen molar-refractivity contribution in [3.63, 3.8) is 0 Å². The van der Waals surface area contributed by atoms with Crippen molar-refractivity contribution in [2.45, 2.75) is 13.5 Å². The molecule has 0 saturated carbocycles. The number of pyridine rings is 1. The van der Waals surface area contributed by atoms with Crippen molar-refractivity contribution >= 4 is 0 Å². The van der Waals surface area contributed by atoms with E-state index in [1.54, 1.807) is 16.7 Å². The van der Waals surface area contributed by atoms with Crippen LogP contribution in [0.25, 0.3) is 0 Å². The van der Waals surface area contributed by atoms with Gasteiger partial charge in [-0.2, -0.15) is 0 Å². The maximum atomic E-state index is 11.8. The summed E-state index contributed by atoms with van der Waals surface area (Å²) in [6.07, 6.45) is 0. The molecule has 19 heavy (non-hydrogen) atoms. The number of nitrogens with two attached hydrogens (primary N) is 1. The van der Waals surface area contributed by atoms with Gasteiger partial charge in [-0.1, -0.05) is 30.0 Å². The van der Waals surface area contributed by atoms with E-state index in [-0.39, 0.29) is 5.56 Å². The molecular weight excluding hydrogens is 236 g/mol. The fraction of sp³-hybridized carbons (Fsp3) is 0.188. The molecule has 0 amide bonds. The lowest BCUT2D eigenvalue weighted by atomic mass is 10.1. The predicted octanol–water partition coefficient (Wildman–Crippen LogP) is 1.52. The van der Waals surface area contributed by atoms with Crippen molar-refractivity contribution in [2.75, 3.05) is 6.54 Å².